The number of sulfonamides is 1. The summed E-state index contributed by atoms with van der Waals surface area (Å²) in [7, 11) is -4.18. The normalized spacial score (nSPS) is 11.0. The molecule has 0 atom stereocenters. The fraction of sp³-hybridized carbons (Fsp3) is 0.133. The quantitative estimate of drug-likeness (QED) is 0.904. The van der Waals surface area contributed by atoms with E-state index in [0.29, 0.717) is 10.4 Å². The van der Waals surface area contributed by atoms with Crippen LogP contribution in [0.1, 0.15) is 5.56 Å². The van der Waals surface area contributed by atoms with E-state index >= 15 is 0 Å². The molecule has 0 fully saturated rings. The van der Waals surface area contributed by atoms with Gasteiger partial charge in [-0.15, -0.1) is 0 Å². The van der Waals surface area contributed by atoms with Crippen molar-refractivity contribution in [2.45, 2.75) is 4.90 Å². The molecule has 2 rings (SSSR count). The first-order chi connectivity index (χ1) is 10.9. The Labute approximate surface area is 132 Å². The number of nitriles is 1. The van der Waals surface area contributed by atoms with Gasteiger partial charge in [-0.3, -0.25) is 4.31 Å². The average Bonchev–Trinajstić information content (AvgIpc) is 2.53. The lowest BCUT2D eigenvalue weighted by Crippen LogP contribution is -2.34. The molecule has 23 heavy (non-hydrogen) atoms. The van der Waals surface area contributed by atoms with Crippen LogP contribution in [-0.4, -0.2) is 26.7 Å². The van der Waals surface area contributed by atoms with Crippen LogP contribution in [0.25, 0.3) is 0 Å². The van der Waals surface area contributed by atoms with Gasteiger partial charge < -0.3 is 5.11 Å². The molecular formula is C15H12F2N2O3S. The summed E-state index contributed by atoms with van der Waals surface area (Å²) in [6, 6.07) is 9.37. The van der Waals surface area contributed by atoms with E-state index in [2.05, 4.69) is 0 Å². The standard InChI is InChI=1S/C15H12F2N2O3S/c16-12-3-6-15(14(17)9-12)19(7-8-20)23(21,22)13-4-1-11(10-18)2-5-13/h1-6,9,20H,7-8H2. The monoisotopic (exact) mass is 338 g/mol. The molecule has 5 nitrogen and oxygen atoms in total. The number of halogens is 2. The second kappa shape index (κ2) is 6.73. The highest BCUT2D eigenvalue weighted by Gasteiger charge is 2.27. The lowest BCUT2D eigenvalue weighted by molar-refractivity contribution is 0.306. The van der Waals surface area contributed by atoms with Gasteiger partial charge in [0.1, 0.15) is 11.6 Å². The molecule has 0 aliphatic heterocycles. The Balaban J connectivity index is 2.52. The smallest absolute Gasteiger partial charge is 0.264 e. The first-order valence-corrected chi connectivity index (χ1v) is 7.93. The number of nitrogens with zero attached hydrogens (tertiary/aromatic N) is 2. The van der Waals surface area contributed by atoms with E-state index in [4.69, 9.17) is 10.4 Å². The molecule has 0 aromatic heterocycles. The number of rotatable bonds is 5. The van der Waals surface area contributed by atoms with Crippen molar-refractivity contribution in [3.05, 3.63) is 59.7 Å². The molecule has 0 radical (unpaired) electrons. The molecular weight excluding hydrogens is 326 g/mol. The van der Waals surface area contributed by atoms with Crippen LogP contribution in [0.2, 0.25) is 0 Å². The van der Waals surface area contributed by atoms with Gasteiger partial charge >= 0.3 is 0 Å². The molecule has 1 N–H and O–H groups in total. The second-order valence-electron chi connectivity index (χ2n) is 4.53. The highest BCUT2D eigenvalue weighted by atomic mass is 32.2. The summed E-state index contributed by atoms with van der Waals surface area (Å²) < 4.78 is 52.8. The van der Waals surface area contributed by atoms with Crippen molar-refractivity contribution in [2.75, 3.05) is 17.5 Å². The maximum atomic E-state index is 13.9. The molecule has 0 heterocycles. The second-order valence-corrected chi connectivity index (χ2v) is 6.40. The van der Waals surface area contributed by atoms with Gasteiger partial charge in [-0.1, -0.05) is 0 Å². The van der Waals surface area contributed by atoms with E-state index in [1.807, 2.05) is 6.07 Å². The molecule has 0 bridgehead atoms. The molecule has 120 valence electrons. The molecule has 0 amide bonds. The minimum absolute atomic E-state index is 0.173. The van der Waals surface area contributed by atoms with Crippen LogP contribution in [-0.2, 0) is 10.0 Å². The van der Waals surface area contributed by atoms with Crippen LogP contribution in [0, 0.1) is 23.0 Å². The Morgan fingerprint density at radius 3 is 2.30 bits per heavy atom. The average molecular weight is 338 g/mol. The summed E-state index contributed by atoms with van der Waals surface area (Å²) in [6.45, 7) is -0.947. The van der Waals surface area contributed by atoms with Gasteiger partial charge in [-0.2, -0.15) is 5.26 Å². The van der Waals surface area contributed by atoms with Crippen molar-refractivity contribution in [3.8, 4) is 6.07 Å². The van der Waals surface area contributed by atoms with Gasteiger partial charge in [-0.25, -0.2) is 17.2 Å². The van der Waals surface area contributed by atoms with Crippen LogP contribution >= 0.6 is 0 Å². The molecule has 0 aliphatic carbocycles. The number of aliphatic hydroxyl groups excluding tert-OH is 1. The van der Waals surface area contributed by atoms with Crippen molar-refractivity contribution in [1.29, 1.82) is 5.26 Å². The van der Waals surface area contributed by atoms with E-state index in [1.165, 1.54) is 24.3 Å². The lowest BCUT2D eigenvalue weighted by atomic mass is 10.2. The molecule has 0 aliphatic rings. The molecule has 0 saturated heterocycles. The number of hydrogen-bond acceptors (Lipinski definition) is 4. The van der Waals surface area contributed by atoms with Gasteiger partial charge in [0.2, 0.25) is 0 Å². The number of benzene rings is 2. The van der Waals surface area contributed by atoms with Crippen molar-refractivity contribution in [3.63, 3.8) is 0 Å². The minimum atomic E-state index is -4.18. The fourth-order valence-corrected chi connectivity index (χ4v) is 3.44. The van der Waals surface area contributed by atoms with Crippen LogP contribution in [0.3, 0.4) is 0 Å². The largest absolute Gasteiger partial charge is 0.394 e. The molecule has 2 aromatic carbocycles. The number of aliphatic hydroxyl groups is 1. The predicted molar refractivity (Wildman–Crippen MR) is 79.1 cm³/mol. The summed E-state index contributed by atoms with van der Waals surface area (Å²) in [4.78, 5) is -0.173. The molecule has 2 aromatic rings. The molecule has 0 unspecified atom stereocenters. The van der Waals surface area contributed by atoms with Crippen molar-refractivity contribution < 1.29 is 22.3 Å². The summed E-state index contributed by atoms with van der Waals surface area (Å²) in [6.07, 6.45) is 0. The first kappa shape index (κ1) is 16.9. The van der Waals surface area contributed by atoms with E-state index in [-0.39, 0.29) is 16.1 Å². The third kappa shape index (κ3) is 3.47. The number of hydrogen-bond donors (Lipinski definition) is 1. The summed E-state index contributed by atoms with van der Waals surface area (Å²) in [5, 5.41) is 17.8. The minimum Gasteiger partial charge on any atom is -0.394 e. The highest BCUT2D eigenvalue weighted by Crippen LogP contribution is 2.26. The van der Waals surface area contributed by atoms with Crippen LogP contribution in [0.4, 0.5) is 14.5 Å². The Bertz CT molecular complexity index is 846. The van der Waals surface area contributed by atoms with Gasteiger partial charge in [0.15, 0.2) is 0 Å². The van der Waals surface area contributed by atoms with Crippen molar-refractivity contribution in [2.24, 2.45) is 0 Å². The zero-order valence-electron chi connectivity index (χ0n) is 11.8. The maximum absolute atomic E-state index is 13.9. The third-order valence-electron chi connectivity index (χ3n) is 3.05. The Morgan fingerprint density at radius 1 is 1.13 bits per heavy atom. The van der Waals surface area contributed by atoms with E-state index in [9.17, 15) is 17.2 Å². The van der Waals surface area contributed by atoms with Gasteiger partial charge in [0.05, 0.1) is 35.4 Å². The molecule has 8 heteroatoms. The lowest BCUT2D eigenvalue weighted by Gasteiger charge is -2.24. The maximum Gasteiger partial charge on any atom is 0.264 e. The molecule has 0 spiro atoms. The topological polar surface area (TPSA) is 81.4 Å². The van der Waals surface area contributed by atoms with E-state index < -0.39 is 34.8 Å². The summed E-state index contributed by atoms with van der Waals surface area (Å²) in [5.41, 5.74) is -0.101. The predicted octanol–water partition coefficient (Wildman–Crippen LogP) is 2.02. The molecule has 0 saturated carbocycles. The fourth-order valence-electron chi connectivity index (χ4n) is 1.97. The highest BCUT2D eigenvalue weighted by molar-refractivity contribution is 7.92. The Morgan fingerprint density at radius 2 is 1.78 bits per heavy atom. The summed E-state index contributed by atoms with van der Waals surface area (Å²) in [5.74, 6) is -1.90. The van der Waals surface area contributed by atoms with Gasteiger partial charge in [-0.05, 0) is 36.4 Å². The summed E-state index contributed by atoms with van der Waals surface area (Å²) >= 11 is 0. The third-order valence-corrected chi connectivity index (χ3v) is 4.88. The first-order valence-electron chi connectivity index (χ1n) is 6.49. The van der Waals surface area contributed by atoms with Crippen LogP contribution < -0.4 is 4.31 Å². The SMILES string of the molecule is N#Cc1ccc(S(=O)(=O)N(CCO)c2ccc(F)cc2F)cc1. The van der Waals surface area contributed by atoms with E-state index in [1.54, 1.807) is 0 Å². The zero-order chi connectivity index (χ0) is 17.0. The van der Waals surface area contributed by atoms with Crippen molar-refractivity contribution >= 4 is 15.7 Å². The number of anilines is 1. The Kier molecular flexibility index (Phi) is 4.93. The van der Waals surface area contributed by atoms with Crippen molar-refractivity contribution in [1.82, 2.24) is 0 Å². The van der Waals surface area contributed by atoms with Crippen LogP contribution in [0.15, 0.2) is 47.4 Å². The van der Waals surface area contributed by atoms with Gasteiger partial charge in [0.25, 0.3) is 10.0 Å². The Hall–Kier alpha value is -2.50. The van der Waals surface area contributed by atoms with E-state index in [0.717, 1.165) is 12.1 Å². The zero-order valence-corrected chi connectivity index (χ0v) is 12.6. The van der Waals surface area contributed by atoms with Gasteiger partial charge in [0, 0.05) is 6.07 Å². The van der Waals surface area contributed by atoms with Crippen LogP contribution in [0.5, 0.6) is 0 Å².